The van der Waals surface area contributed by atoms with E-state index in [-0.39, 0.29) is 6.61 Å². The summed E-state index contributed by atoms with van der Waals surface area (Å²) in [5.41, 5.74) is 0. The molecule has 4 nitrogen and oxygen atoms in total. The van der Waals surface area contributed by atoms with Crippen molar-refractivity contribution < 1.29 is 19.1 Å². The molecule has 0 saturated heterocycles. The molecule has 1 atom stereocenters. The van der Waals surface area contributed by atoms with Gasteiger partial charge < -0.3 is 9.47 Å². The average molecular weight is 237 g/mol. The van der Waals surface area contributed by atoms with Crippen molar-refractivity contribution >= 4 is 27.9 Å². The second-order valence-corrected chi connectivity index (χ2v) is 3.25. The van der Waals surface area contributed by atoms with Gasteiger partial charge in [0.1, 0.15) is 4.83 Å². The van der Waals surface area contributed by atoms with E-state index in [0.717, 1.165) is 6.26 Å². The molecule has 0 aromatic heterocycles. The minimum Gasteiger partial charge on any atom is -0.453 e. The number of carbonyl (C=O) groups is 2. The first kappa shape index (κ1) is 11.2. The van der Waals surface area contributed by atoms with Crippen LogP contribution in [0.4, 0.5) is 0 Å². The van der Waals surface area contributed by atoms with Gasteiger partial charge >= 0.3 is 11.9 Å². The maximum atomic E-state index is 10.7. The number of rotatable bonds is 4. The summed E-state index contributed by atoms with van der Waals surface area (Å²) in [6, 6.07) is 0. The summed E-state index contributed by atoms with van der Waals surface area (Å²) < 4.78 is 8.81. The topological polar surface area (TPSA) is 52.6 Å². The second kappa shape index (κ2) is 5.77. The third kappa shape index (κ3) is 4.90. The predicted octanol–water partition coefficient (Wildman–Crippen LogP) is 1.000. The van der Waals surface area contributed by atoms with Crippen molar-refractivity contribution in [2.24, 2.45) is 0 Å². The fourth-order valence-corrected chi connectivity index (χ4v) is 0.504. The van der Waals surface area contributed by atoms with Crippen LogP contribution in [0.3, 0.4) is 0 Å². The van der Waals surface area contributed by atoms with Crippen molar-refractivity contribution in [1.29, 1.82) is 0 Å². The molecule has 0 spiro atoms. The van der Waals surface area contributed by atoms with Crippen LogP contribution in [0.1, 0.15) is 6.92 Å². The minimum atomic E-state index is -0.647. The molecule has 0 aliphatic carbocycles. The van der Waals surface area contributed by atoms with Crippen LogP contribution in [-0.4, -0.2) is 23.4 Å². The van der Waals surface area contributed by atoms with Crippen molar-refractivity contribution in [2.45, 2.75) is 11.8 Å². The smallest absolute Gasteiger partial charge is 0.349 e. The number of hydrogen-bond donors (Lipinski definition) is 0. The lowest BCUT2D eigenvalue weighted by atomic mass is 10.5. The number of alkyl halides is 1. The molecule has 0 radical (unpaired) electrons. The first-order chi connectivity index (χ1) is 5.57. The van der Waals surface area contributed by atoms with E-state index in [1.807, 2.05) is 0 Å². The summed E-state index contributed by atoms with van der Waals surface area (Å²) in [5.74, 6) is -1.15. The summed E-state index contributed by atoms with van der Waals surface area (Å²) in [6.07, 6.45) is 0.980. The Labute approximate surface area is 78.7 Å². The van der Waals surface area contributed by atoms with Crippen LogP contribution in [0.25, 0.3) is 0 Å². The zero-order chi connectivity index (χ0) is 9.56. The Hall–Kier alpha value is -0.840. The summed E-state index contributed by atoms with van der Waals surface area (Å²) in [7, 11) is 0. The van der Waals surface area contributed by atoms with E-state index in [1.165, 1.54) is 0 Å². The lowest BCUT2D eigenvalue weighted by Crippen LogP contribution is -2.19. The van der Waals surface area contributed by atoms with E-state index in [9.17, 15) is 9.59 Å². The molecule has 0 aliphatic heterocycles. The molecular weight excluding hydrogens is 228 g/mol. The lowest BCUT2D eigenvalue weighted by molar-refractivity contribution is -0.154. The Bertz CT molecular complexity index is 188. The zero-order valence-corrected chi connectivity index (χ0v) is 8.17. The van der Waals surface area contributed by atoms with Gasteiger partial charge in [-0.15, -0.1) is 0 Å². The van der Waals surface area contributed by atoms with Crippen molar-refractivity contribution in [3.8, 4) is 0 Å². The van der Waals surface area contributed by atoms with Gasteiger partial charge in [0.15, 0.2) is 6.61 Å². The highest BCUT2D eigenvalue weighted by Gasteiger charge is 2.12. The summed E-state index contributed by atoms with van der Waals surface area (Å²) in [4.78, 5) is 20.9. The molecule has 0 aromatic carbocycles. The van der Waals surface area contributed by atoms with Crippen molar-refractivity contribution in [3.63, 3.8) is 0 Å². The van der Waals surface area contributed by atoms with E-state index < -0.39 is 16.8 Å². The van der Waals surface area contributed by atoms with E-state index >= 15 is 0 Å². The molecule has 0 amide bonds. The van der Waals surface area contributed by atoms with Crippen LogP contribution in [0.5, 0.6) is 0 Å². The van der Waals surface area contributed by atoms with Gasteiger partial charge in [-0.2, -0.15) is 0 Å². The van der Waals surface area contributed by atoms with Gasteiger partial charge in [0.05, 0.1) is 6.26 Å². The van der Waals surface area contributed by atoms with Crippen molar-refractivity contribution in [3.05, 3.63) is 12.8 Å². The fraction of sp³-hybridized carbons (Fsp3) is 0.429. The number of hydrogen-bond acceptors (Lipinski definition) is 4. The highest BCUT2D eigenvalue weighted by Crippen LogP contribution is 1.99. The van der Waals surface area contributed by atoms with Crippen LogP contribution < -0.4 is 0 Å². The Kier molecular flexibility index (Phi) is 5.36. The van der Waals surface area contributed by atoms with Gasteiger partial charge in [-0.25, -0.2) is 4.79 Å². The monoisotopic (exact) mass is 236 g/mol. The molecular formula is C7H9BrO4. The minimum absolute atomic E-state index is 0.388. The first-order valence-corrected chi connectivity index (χ1v) is 4.10. The Morgan fingerprint density at radius 1 is 1.67 bits per heavy atom. The van der Waals surface area contributed by atoms with Crippen molar-refractivity contribution in [2.75, 3.05) is 6.61 Å². The molecule has 0 N–H and O–H groups in total. The number of ether oxygens (including phenoxy) is 2. The van der Waals surface area contributed by atoms with Gasteiger partial charge in [0.2, 0.25) is 0 Å². The van der Waals surface area contributed by atoms with Crippen LogP contribution in [-0.2, 0) is 19.1 Å². The van der Waals surface area contributed by atoms with Gasteiger partial charge in [0.25, 0.3) is 0 Å². The third-order valence-corrected chi connectivity index (χ3v) is 1.25. The first-order valence-electron chi connectivity index (χ1n) is 3.19. The average Bonchev–Trinajstić information content (AvgIpc) is 2.00. The highest BCUT2D eigenvalue weighted by atomic mass is 79.9. The fourth-order valence-electron chi connectivity index (χ4n) is 0.372. The molecule has 0 rings (SSSR count). The molecule has 1 unspecified atom stereocenters. The van der Waals surface area contributed by atoms with Crippen LogP contribution in [0, 0.1) is 0 Å². The molecule has 0 fully saturated rings. The SMILES string of the molecule is C=COC(=O)COC(=O)C(C)Br. The van der Waals surface area contributed by atoms with E-state index in [4.69, 9.17) is 0 Å². The standard InChI is InChI=1S/C7H9BrO4/c1-3-11-6(9)4-12-7(10)5(2)8/h3,5H,1,4H2,2H3. The largest absolute Gasteiger partial charge is 0.453 e. The second-order valence-electron chi connectivity index (χ2n) is 1.88. The van der Waals surface area contributed by atoms with Gasteiger partial charge in [-0.1, -0.05) is 22.5 Å². The predicted molar refractivity (Wildman–Crippen MR) is 45.6 cm³/mol. The Morgan fingerprint density at radius 2 is 2.25 bits per heavy atom. The van der Waals surface area contributed by atoms with Crippen LogP contribution in [0.15, 0.2) is 12.8 Å². The van der Waals surface area contributed by atoms with E-state index in [0.29, 0.717) is 0 Å². The molecule has 0 heterocycles. The quantitative estimate of drug-likeness (QED) is 0.415. The number of halogens is 1. The van der Waals surface area contributed by atoms with Gasteiger partial charge in [-0.3, -0.25) is 4.79 Å². The molecule has 5 heteroatoms. The van der Waals surface area contributed by atoms with E-state index in [2.05, 4.69) is 32.0 Å². The molecule has 0 aromatic rings. The van der Waals surface area contributed by atoms with Crippen LogP contribution in [0.2, 0.25) is 0 Å². The maximum Gasteiger partial charge on any atom is 0.349 e. The summed E-state index contributed by atoms with van der Waals surface area (Å²) >= 11 is 2.98. The number of carbonyl (C=O) groups excluding carboxylic acids is 2. The normalized spacial score (nSPS) is 11.5. The Balaban J connectivity index is 3.61. The molecule has 12 heavy (non-hydrogen) atoms. The van der Waals surface area contributed by atoms with Gasteiger partial charge in [0, 0.05) is 0 Å². The molecule has 0 saturated carbocycles. The molecule has 68 valence electrons. The molecule has 0 aliphatic rings. The van der Waals surface area contributed by atoms with Crippen molar-refractivity contribution in [1.82, 2.24) is 0 Å². The zero-order valence-electron chi connectivity index (χ0n) is 6.58. The maximum absolute atomic E-state index is 10.7. The Morgan fingerprint density at radius 3 is 2.67 bits per heavy atom. The third-order valence-electron chi connectivity index (χ3n) is 0.872. The van der Waals surface area contributed by atoms with E-state index in [1.54, 1.807) is 6.92 Å². The molecule has 0 bridgehead atoms. The summed E-state index contributed by atoms with van der Waals surface area (Å²) in [6.45, 7) is 4.38. The number of esters is 2. The summed E-state index contributed by atoms with van der Waals surface area (Å²) in [5, 5.41) is 0. The van der Waals surface area contributed by atoms with Gasteiger partial charge in [-0.05, 0) is 6.92 Å². The highest BCUT2D eigenvalue weighted by molar-refractivity contribution is 9.10. The lowest BCUT2D eigenvalue weighted by Gasteiger charge is -2.03. The van der Waals surface area contributed by atoms with Crippen LogP contribution >= 0.6 is 15.9 Å².